The molecule has 0 saturated heterocycles. The first kappa shape index (κ1) is 7.74. The summed E-state index contributed by atoms with van der Waals surface area (Å²) in [6, 6.07) is 0. The molecule has 0 bridgehead atoms. The lowest BCUT2D eigenvalue weighted by Gasteiger charge is -2.17. The Hall–Kier alpha value is -1.36. The van der Waals surface area contributed by atoms with Gasteiger partial charge in [-0.3, -0.25) is 0 Å². The lowest BCUT2D eigenvalue weighted by Crippen LogP contribution is -2.23. The lowest BCUT2D eigenvalue weighted by molar-refractivity contribution is 0.0367. The van der Waals surface area contributed by atoms with Gasteiger partial charge in [-0.15, -0.1) is 0 Å². The first-order valence-corrected chi connectivity index (χ1v) is 2.87. The van der Waals surface area contributed by atoms with Crippen LogP contribution < -0.4 is 0 Å². The van der Waals surface area contributed by atoms with Crippen molar-refractivity contribution in [2.75, 3.05) is 6.61 Å². The molecule has 0 aromatic carbocycles. The van der Waals surface area contributed by atoms with Crippen LogP contribution in [0.3, 0.4) is 0 Å². The number of hydrogen-bond acceptors (Lipinski definition) is 5. The average Bonchev–Trinajstić information content (AvgIpc) is 2.01. The van der Waals surface area contributed by atoms with Crippen molar-refractivity contribution >= 4 is 0 Å². The van der Waals surface area contributed by atoms with Crippen LogP contribution in [0.5, 0.6) is 0 Å². The molecular weight excluding hydrogens is 152 g/mol. The van der Waals surface area contributed by atoms with Crippen LogP contribution in [0.4, 0.5) is 0 Å². The van der Waals surface area contributed by atoms with Crippen molar-refractivity contribution in [3.63, 3.8) is 0 Å². The van der Waals surface area contributed by atoms with Crippen molar-refractivity contribution in [3.05, 3.63) is 23.5 Å². The van der Waals surface area contributed by atoms with Crippen LogP contribution >= 0.6 is 0 Å². The first-order valence-electron chi connectivity index (χ1n) is 2.87. The fraction of sp³-hybridized carbons (Fsp3) is 0.333. The molecule has 1 aliphatic rings. The van der Waals surface area contributed by atoms with Crippen LogP contribution in [0.15, 0.2) is 17.3 Å². The molecule has 1 rings (SSSR count). The molecule has 1 radical (unpaired) electrons. The van der Waals surface area contributed by atoms with E-state index in [1.54, 1.807) is 0 Å². The fourth-order valence-electron chi connectivity index (χ4n) is 0.629. The molecule has 0 aromatic heterocycles. The van der Waals surface area contributed by atoms with E-state index in [1.807, 2.05) is 6.26 Å². The Kier molecular flexibility index (Phi) is 1.91. The standard InChI is InChI=1S/C6H7O5/c7-1-4-6(10)5(9)3(8)2-11-4/h4,7-10H,1H2. The minimum absolute atomic E-state index is 0.490. The Balaban J connectivity index is 2.88. The third kappa shape index (κ3) is 1.22. The summed E-state index contributed by atoms with van der Waals surface area (Å²) >= 11 is 0. The number of ether oxygens (including phenoxy) is 1. The van der Waals surface area contributed by atoms with Crippen molar-refractivity contribution in [1.82, 2.24) is 0 Å². The number of rotatable bonds is 1. The van der Waals surface area contributed by atoms with E-state index in [2.05, 4.69) is 4.74 Å². The molecule has 61 valence electrons. The highest BCUT2D eigenvalue weighted by molar-refractivity contribution is 5.22. The molecule has 1 atom stereocenters. The molecule has 0 aromatic rings. The van der Waals surface area contributed by atoms with Gasteiger partial charge in [-0.1, -0.05) is 0 Å². The normalized spacial score (nSPS) is 24.5. The summed E-state index contributed by atoms with van der Waals surface area (Å²) in [5.41, 5.74) is 0. The van der Waals surface area contributed by atoms with E-state index in [-0.39, 0.29) is 0 Å². The molecule has 0 spiro atoms. The van der Waals surface area contributed by atoms with Crippen molar-refractivity contribution in [2.24, 2.45) is 0 Å². The fourth-order valence-corrected chi connectivity index (χ4v) is 0.629. The smallest absolute Gasteiger partial charge is 0.212 e. The van der Waals surface area contributed by atoms with Gasteiger partial charge in [-0.25, -0.2) is 0 Å². The van der Waals surface area contributed by atoms with Crippen molar-refractivity contribution in [1.29, 1.82) is 0 Å². The van der Waals surface area contributed by atoms with Crippen LogP contribution in [0.1, 0.15) is 0 Å². The van der Waals surface area contributed by atoms with E-state index < -0.39 is 30.0 Å². The van der Waals surface area contributed by atoms with Crippen LogP contribution in [0.25, 0.3) is 0 Å². The Morgan fingerprint density at radius 2 is 2.00 bits per heavy atom. The van der Waals surface area contributed by atoms with Gasteiger partial charge in [0, 0.05) is 0 Å². The second-order valence-electron chi connectivity index (χ2n) is 1.97. The van der Waals surface area contributed by atoms with E-state index in [0.717, 1.165) is 0 Å². The summed E-state index contributed by atoms with van der Waals surface area (Å²) in [4.78, 5) is 0. The largest absolute Gasteiger partial charge is 0.505 e. The minimum Gasteiger partial charge on any atom is -0.505 e. The molecule has 5 nitrogen and oxygen atoms in total. The number of aliphatic hydroxyl groups excluding tert-OH is 4. The molecule has 0 saturated carbocycles. The van der Waals surface area contributed by atoms with E-state index in [4.69, 9.17) is 20.4 Å². The molecular formula is C6H7O5. The highest BCUT2D eigenvalue weighted by Gasteiger charge is 2.25. The maximum absolute atomic E-state index is 8.93. The number of hydrogen-bond donors (Lipinski definition) is 4. The number of aliphatic hydroxyl groups is 4. The van der Waals surface area contributed by atoms with Gasteiger partial charge in [0.1, 0.15) is 0 Å². The van der Waals surface area contributed by atoms with Crippen molar-refractivity contribution in [2.45, 2.75) is 6.10 Å². The SMILES string of the molecule is OCC1O[C]=C(O)C(O)=C1O. The molecule has 4 N–H and O–H groups in total. The monoisotopic (exact) mass is 159 g/mol. The predicted octanol–water partition coefficient (Wildman–Crippen LogP) is -0.0923. The van der Waals surface area contributed by atoms with Gasteiger partial charge in [-0.05, 0) is 0 Å². The average molecular weight is 159 g/mol. The second kappa shape index (κ2) is 2.71. The zero-order valence-electron chi connectivity index (χ0n) is 5.48. The maximum Gasteiger partial charge on any atom is 0.212 e. The van der Waals surface area contributed by atoms with E-state index in [9.17, 15) is 0 Å². The van der Waals surface area contributed by atoms with Crippen molar-refractivity contribution < 1.29 is 25.2 Å². The van der Waals surface area contributed by atoms with Crippen LogP contribution in [0, 0.1) is 6.26 Å². The van der Waals surface area contributed by atoms with E-state index in [1.165, 1.54) is 0 Å². The predicted molar refractivity (Wildman–Crippen MR) is 33.6 cm³/mol. The van der Waals surface area contributed by atoms with E-state index in [0.29, 0.717) is 0 Å². The van der Waals surface area contributed by atoms with Gasteiger partial charge in [0.15, 0.2) is 11.9 Å². The third-order valence-corrected chi connectivity index (χ3v) is 1.24. The summed E-state index contributed by atoms with van der Waals surface area (Å²) in [5.74, 6) is -1.98. The minimum atomic E-state index is -1.04. The molecule has 5 heteroatoms. The highest BCUT2D eigenvalue weighted by Crippen LogP contribution is 2.18. The van der Waals surface area contributed by atoms with Gasteiger partial charge in [0.05, 0.1) is 6.61 Å². The van der Waals surface area contributed by atoms with Gasteiger partial charge < -0.3 is 25.2 Å². The van der Waals surface area contributed by atoms with Gasteiger partial charge in [0.2, 0.25) is 17.8 Å². The Labute approximate surface area is 62.5 Å². The molecule has 1 unspecified atom stereocenters. The lowest BCUT2D eigenvalue weighted by atomic mass is 10.2. The summed E-state index contributed by atoms with van der Waals surface area (Å²) in [6.45, 7) is -0.490. The summed E-state index contributed by atoms with van der Waals surface area (Å²) < 4.78 is 4.47. The van der Waals surface area contributed by atoms with Crippen LogP contribution in [0.2, 0.25) is 0 Å². The summed E-state index contributed by atoms with van der Waals surface area (Å²) in [5, 5.41) is 35.0. The highest BCUT2D eigenvalue weighted by atomic mass is 16.5. The molecule has 0 aliphatic carbocycles. The topological polar surface area (TPSA) is 90.2 Å². The quantitative estimate of drug-likeness (QED) is 0.429. The third-order valence-electron chi connectivity index (χ3n) is 1.24. The molecule has 1 heterocycles. The first-order chi connectivity index (χ1) is 5.16. The molecule has 1 aliphatic heterocycles. The summed E-state index contributed by atoms with van der Waals surface area (Å²) in [6.07, 6.45) is 0.871. The Morgan fingerprint density at radius 1 is 1.36 bits per heavy atom. The Bertz CT molecular complexity index is 217. The maximum atomic E-state index is 8.93. The van der Waals surface area contributed by atoms with Gasteiger partial charge >= 0.3 is 0 Å². The van der Waals surface area contributed by atoms with Crippen molar-refractivity contribution in [3.8, 4) is 0 Å². The Morgan fingerprint density at radius 3 is 2.55 bits per heavy atom. The zero-order chi connectivity index (χ0) is 8.43. The zero-order valence-corrected chi connectivity index (χ0v) is 5.48. The summed E-state index contributed by atoms with van der Waals surface area (Å²) in [7, 11) is 0. The second-order valence-corrected chi connectivity index (χ2v) is 1.97. The van der Waals surface area contributed by atoms with Crippen LogP contribution in [-0.4, -0.2) is 33.1 Å². The van der Waals surface area contributed by atoms with Crippen LogP contribution in [-0.2, 0) is 4.74 Å². The van der Waals surface area contributed by atoms with Gasteiger partial charge in [-0.2, -0.15) is 0 Å². The molecule has 0 amide bonds. The molecule has 0 fully saturated rings. The van der Waals surface area contributed by atoms with E-state index >= 15 is 0 Å². The molecule has 11 heavy (non-hydrogen) atoms. The van der Waals surface area contributed by atoms with Gasteiger partial charge in [0.25, 0.3) is 0 Å².